The first kappa shape index (κ1) is 13.4. The monoisotopic (exact) mass is 278 g/mol. The number of piperidine rings is 1. The fraction of sp³-hybridized carbons (Fsp3) is 0.625. The topological polar surface area (TPSA) is 15.3 Å². The third-order valence-corrected chi connectivity index (χ3v) is 4.92. The summed E-state index contributed by atoms with van der Waals surface area (Å²) in [7, 11) is 0. The van der Waals surface area contributed by atoms with Crippen molar-refractivity contribution < 1.29 is 0 Å². The van der Waals surface area contributed by atoms with Crippen LogP contribution in [0.15, 0.2) is 24.3 Å². The Morgan fingerprint density at radius 3 is 2.74 bits per heavy atom. The number of halogens is 1. The van der Waals surface area contributed by atoms with Gasteiger partial charge in [-0.3, -0.25) is 4.90 Å². The third kappa shape index (κ3) is 3.13. The number of likely N-dealkylation sites (tertiary alicyclic amines) is 1. The van der Waals surface area contributed by atoms with Gasteiger partial charge in [-0.15, -0.1) is 0 Å². The van der Waals surface area contributed by atoms with Crippen molar-refractivity contribution in [2.45, 2.75) is 31.7 Å². The second-order valence-electron chi connectivity index (χ2n) is 5.87. The zero-order valence-corrected chi connectivity index (χ0v) is 12.2. The van der Waals surface area contributed by atoms with Crippen molar-refractivity contribution in [3.8, 4) is 0 Å². The van der Waals surface area contributed by atoms with E-state index in [0.29, 0.717) is 6.04 Å². The summed E-state index contributed by atoms with van der Waals surface area (Å²) in [5.74, 6) is 0.865. The molecule has 0 spiro atoms. The summed E-state index contributed by atoms with van der Waals surface area (Å²) in [4.78, 5) is 2.66. The predicted molar refractivity (Wildman–Crippen MR) is 80.6 cm³/mol. The molecule has 1 unspecified atom stereocenters. The van der Waals surface area contributed by atoms with E-state index in [-0.39, 0.29) is 0 Å². The average Bonchev–Trinajstić information content (AvgIpc) is 2.88. The predicted octanol–water partition coefficient (Wildman–Crippen LogP) is 3.48. The molecule has 0 amide bonds. The number of hydrogen-bond acceptors (Lipinski definition) is 2. The molecule has 0 bridgehead atoms. The minimum Gasteiger partial charge on any atom is -0.317 e. The fourth-order valence-electron chi connectivity index (χ4n) is 3.54. The SMILES string of the molecule is Clc1ccccc1C1CCCN1CC1CCNCC1. The van der Waals surface area contributed by atoms with E-state index in [0.717, 1.165) is 10.9 Å². The Kier molecular flexibility index (Phi) is 4.42. The first-order chi connectivity index (χ1) is 9.34. The van der Waals surface area contributed by atoms with Gasteiger partial charge in [-0.1, -0.05) is 29.8 Å². The van der Waals surface area contributed by atoms with Crippen molar-refractivity contribution >= 4 is 11.6 Å². The van der Waals surface area contributed by atoms with E-state index >= 15 is 0 Å². The van der Waals surface area contributed by atoms with Crippen LogP contribution in [-0.2, 0) is 0 Å². The van der Waals surface area contributed by atoms with Gasteiger partial charge in [0.15, 0.2) is 0 Å². The molecular formula is C16H23ClN2. The van der Waals surface area contributed by atoms with Gasteiger partial charge in [-0.05, 0) is 62.9 Å². The van der Waals surface area contributed by atoms with Crippen LogP contribution >= 0.6 is 11.6 Å². The molecule has 3 rings (SSSR count). The largest absolute Gasteiger partial charge is 0.317 e. The van der Waals surface area contributed by atoms with E-state index in [9.17, 15) is 0 Å². The van der Waals surface area contributed by atoms with Crippen LogP contribution in [0.3, 0.4) is 0 Å². The van der Waals surface area contributed by atoms with E-state index in [1.54, 1.807) is 0 Å². The average molecular weight is 279 g/mol. The van der Waals surface area contributed by atoms with Crippen molar-refractivity contribution in [2.75, 3.05) is 26.2 Å². The molecule has 2 aliphatic heterocycles. The highest BCUT2D eigenvalue weighted by Gasteiger charge is 2.29. The Balaban J connectivity index is 1.69. The quantitative estimate of drug-likeness (QED) is 0.911. The lowest BCUT2D eigenvalue weighted by Crippen LogP contribution is -2.36. The van der Waals surface area contributed by atoms with Gasteiger partial charge in [0, 0.05) is 17.6 Å². The first-order valence-corrected chi connectivity index (χ1v) is 7.91. The molecule has 19 heavy (non-hydrogen) atoms. The first-order valence-electron chi connectivity index (χ1n) is 7.54. The summed E-state index contributed by atoms with van der Waals surface area (Å²) in [6.45, 7) is 4.86. The maximum absolute atomic E-state index is 6.38. The van der Waals surface area contributed by atoms with Gasteiger partial charge in [0.2, 0.25) is 0 Å². The maximum Gasteiger partial charge on any atom is 0.0453 e. The molecule has 104 valence electrons. The van der Waals surface area contributed by atoms with Crippen LogP contribution in [0.1, 0.15) is 37.3 Å². The molecule has 1 aromatic carbocycles. The Morgan fingerprint density at radius 2 is 1.95 bits per heavy atom. The molecule has 2 fully saturated rings. The molecule has 1 aromatic rings. The molecular weight excluding hydrogens is 256 g/mol. The Morgan fingerprint density at radius 1 is 1.16 bits per heavy atom. The van der Waals surface area contributed by atoms with Crippen LogP contribution < -0.4 is 5.32 Å². The minimum atomic E-state index is 0.545. The van der Waals surface area contributed by atoms with Gasteiger partial charge in [-0.2, -0.15) is 0 Å². The molecule has 3 heteroatoms. The summed E-state index contributed by atoms with van der Waals surface area (Å²) >= 11 is 6.38. The minimum absolute atomic E-state index is 0.545. The number of nitrogens with one attached hydrogen (secondary N) is 1. The highest BCUT2D eigenvalue weighted by molar-refractivity contribution is 6.31. The van der Waals surface area contributed by atoms with Crippen molar-refractivity contribution in [1.29, 1.82) is 0 Å². The molecule has 0 aromatic heterocycles. The summed E-state index contributed by atoms with van der Waals surface area (Å²) in [6.07, 6.45) is 5.22. The lowest BCUT2D eigenvalue weighted by molar-refractivity contribution is 0.193. The van der Waals surface area contributed by atoms with E-state index in [1.807, 2.05) is 12.1 Å². The summed E-state index contributed by atoms with van der Waals surface area (Å²) in [5, 5.41) is 4.39. The number of rotatable bonds is 3. The second-order valence-corrected chi connectivity index (χ2v) is 6.28. The van der Waals surface area contributed by atoms with Crippen LogP contribution in [-0.4, -0.2) is 31.1 Å². The van der Waals surface area contributed by atoms with Crippen LogP contribution in [0.25, 0.3) is 0 Å². The molecule has 1 N–H and O–H groups in total. The Bertz CT molecular complexity index is 415. The van der Waals surface area contributed by atoms with E-state index in [4.69, 9.17) is 11.6 Å². The van der Waals surface area contributed by atoms with Crippen LogP contribution in [0.5, 0.6) is 0 Å². The highest BCUT2D eigenvalue weighted by atomic mass is 35.5. The molecule has 2 heterocycles. The third-order valence-electron chi connectivity index (χ3n) is 4.58. The second kappa shape index (κ2) is 6.25. The van der Waals surface area contributed by atoms with Gasteiger partial charge in [-0.25, -0.2) is 0 Å². The van der Waals surface area contributed by atoms with Crippen molar-refractivity contribution in [2.24, 2.45) is 5.92 Å². The van der Waals surface area contributed by atoms with Crippen molar-refractivity contribution in [3.05, 3.63) is 34.9 Å². The smallest absolute Gasteiger partial charge is 0.0453 e. The zero-order valence-electron chi connectivity index (χ0n) is 11.4. The van der Waals surface area contributed by atoms with E-state index in [1.165, 1.54) is 57.4 Å². The Hall–Kier alpha value is -0.570. The lowest BCUT2D eigenvalue weighted by Gasteiger charge is -2.31. The summed E-state index contributed by atoms with van der Waals surface area (Å²) in [6, 6.07) is 8.91. The molecule has 2 saturated heterocycles. The standard InChI is InChI=1S/C16H23ClN2/c17-15-5-2-1-4-14(15)16-6-3-11-19(16)12-13-7-9-18-10-8-13/h1-2,4-5,13,16,18H,3,6-12H2. The molecule has 0 saturated carbocycles. The van der Waals surface area contributed by atoms with E-state index < -0.39 is 0 Å². The fourth-order valence-corrected chi connectivity index (χ4v) is 3.80. The van der Waals surface area contributed by atoms with Crippen molar-refractivity contribution in [1.82, 2.24) is 10.2 Å². The van der Waals surface area contributed by atoms with Gasteiger partial charge in [0.05, 0.1) is 0 Å². The molecule has 2 nitrogen and oxygen atoms in total. The van der Waals surface area contributed by atoms with Crippen molar-refractivity contribution in [3.63, 3.8) is 0 Å². The van der Waals surface area contributed by atoms with Gasteiger partial charge < -0.3 is 5.32 Å². The number of benzene rings is 1. The summed E-state index contributed by atoms with van der Waals surface area (Å²) in [5.41, 5.74) is 1.33. The lowest BCUT2D eigenvalue weighted by atomic mass is 9.96. The van der Waals surface area contributed by atoms with Crippen LogP contribution in [0.2, 0.25) is 5.02 Å². The molecule has 0 aliphatic carbocycles. The van der Waals surface area contributed by atoms with E-state index in [2.05, 4.69) is 22.3 Å². The molecule has 2 aliphatic rings. The van der Waals surface area contributed by atoms with Crippen LogP contribution in [0.4, 0.5) is 0 Å². The summed E-state index contributed by atoms with van der Waals surface area (Å²) < 4.78 is 0. The molecule has 0 radical (unpaired) electrons. The zero-order chi connectivity index (χ0) is 13.1. The normalized spacial score (nSPS) is 25.8. The number of hydrogen-bond donors (Lipinski definition) is 1. The highest BCUT2D eigenvalue weighted by Crippen LogP contribution is 2.36. The van der Waals surface area contributed by atoms with Gasteiger partial charge >= 0.3 is 0 Å². The number of nitrogens with zero attached hydrogens (tertiary/aromatic N) is 1. The van der Waals surface area contributed by atoms with Gasteiger partial charge in [0.25, 0.3) is 0 Å². The Labute approximate surface area is 121 Å². The molecule has 1 atom stereocenters. The van der Waals surface area contributed by atoms with Gasteiger partial charge in [0.1, 0.15) is 0 Å². The van der Waals surface area contributed by atoms with Crippen LogP contribution in [0, 0.1) is 5.92 Å². The maximum atomic E-state index is 6.38.